The molecular formula is C9H13N3. The van der Waals surface area contributed by atoms with Crippen molar-refractivity contribution in [1.82, 2.24) is 0 Å². The molecule has 0 unspecified atom stereocenters. The summed E-state index contributed by atoms with van der Waals surface area (Å²) < 4.78 is 0. The van der Waals surface area contributed by atoms with Crippen LogP contribution in [-0.2, 0) is 0 Å². The average Bonchev–Trinajstić information content (AvgIpc) is 2.04. The molecule has 1 aromatic rings. The van der Waals surface area contributed by atoms with Crippen molar-refractivity contribution in [2.45, 2.75) is 6.92 Å². The summed E-state index contributed by atoms with van der Waals surface area (Å²) in [7, 11) is 1.83. The molecule has 0 bridgehead atoms. The Morgan fingerprint density at radius 1 is 1.50 bits per heavy atom. The fourth-order valence-electron chi connectivity index (χ4n) is 1.09. The first-order valence-electron chi connectivity index (χ1n) is 3.78. The molecule has 3 heteroatoms. The maximum atomic E-state index is 7.48. The largest absolute Gasteiger partial charge is 0.399 e. The number of hydrogen-bond donors (Lipinski definition) is 3. The predicted octanol–water partition coefficient (Wildman–Crippen LogP) is 1.70. The summed E-state index contributed by atoms with van der Waals surface area (Å²) in [5.41, 5.74) is 8.61. The van der Waals surface area contributed by atoms with Gasteiger partial charge in [-0.2, -0.15) is 0 Å². The van der Waals surface area contributed by atoms with Crippen LogP contribution in [-0.4, -0.2) is 12.8 Å². The van der Waals surface area contributed by atoms with Crippen LogP contribution in [0.2, 0.25) is 0 Å². The van der Waals surface area contributed by atoms with E-state index in [0.29, 0.717) is 11.4 Å². The highest BCUT2D eigenvalue weighted by atomic mass is 14.8. The van der Waals surface area contributed by atoms with E-state index in [4.69, 9.17) is 11.1 Å². The van der Waals surface area contributed by atoms with Crippen molar-refractivity contribution in [2.24, 2.45) is 0 Å². The van der Waals surface area contributed by atoms with Gasteiger partial charge >= 0.3 is 0 Å². The van der Waals surface area contributed by atoms with Crippen molar-refractivity contribution in [3.63, 3.8) is 0 Å². The van der Waals surface area contributed by atoms with Crippen LogP contribution in [0.15, 0.2) is 18.2 Å². The fourth-order valence-corrected chi connectivity index (χ4v) is 1.09. The maximum Gasteiger partial charge on any atom is 0.0430 e. The second-order valence-electron chi connectivity index (χ2n) is 2.68. The Hall–Kier alpha value is -1.51. The van der Waals surface area contributed by atoms with Crippen molar-refractivity contribution >= 4 is 17.1 Å². The van der Waals surface area contributed by atoms with E-state index in [1.165, 1.54) is 0 Å². The van der Waals surface area contributed by atoms with Gasteiger partial charge in [-0.05, 0) is 25.1 Å². The number of nitrogens with one attached hydrogen (secondary N) is 2. The summed E-state index contributed by atoms with van der Waals surface area (Å²) in [6.07, 6.45) is 0. The van der Waals surface area contributed by atoms with Gasteiger partial charge in [0.05, 0.1) is 0 Å². The Labute approximate surface area is 72.1 Å². The van der Waals surface area contributed by atoms with Gasteiger partial charge < -0.3 is 16.5 Å². The molecule has 0 fully saturated rings. The van der Waals surface area contributed by atoms with E-state index in [9.17, 15) is 0 Å². The molecule has 0 aliphatic heterocycles. The number of nitrogen functional groups attached to an aromatic ring is 1. The van der Waals surface area contributed by atoms with E-state index in [1.54, 1.807) is 13.0 Å². The summed E-state index contributed by atoms with van der Waals surface area (Å²) in [4.78, 5) is 0. The Morgan fingerprint density at radius 2 is 2.17 bits per heavy atom. The zero-order chi connectivity index (χ0) is 9.14. The van der Waals surface area contributed by atoms with Crippen LogP contribution in [0.4, 0.5) is 11.4 Å². The van der Waals surface area contributed by atoms with E-state index in [2.05, 4.69) is 5.32 Å². The molecule has 0 heterocycles. The molecule has 0 aliphatic carbocycles. The van der Waals surface area contributed by atoms with Gasteiger partial charge in [0, 0.05) is 29.7 Å². The Morgan fingerprint density at radius 3 is 2.67 bits per heavy atom. The van der Waals surface area contributed by atoms with Crippen LogP contribution < -0.4 is 11.1 Å². The second kappa shape index (κ2) is 3.26. The van der Waals surface area contributed by atoms with Gasteiger partial charge in [0.15, 0.2) is 0 Å². The molecule has 0 aromatic heterocycles. The van der Waals surface area contributed by atoms with Crippen molar-refractivity contribution in [3.8, 4) is 0 Å². The van der Waals surface area contributed by atoms with E-state index in [1.807, 2.05) is 19.2 Å². The van der Waals surface area contributed by atoms with Crippen LogP contribution in [0.3, 0.4) is 0 Å². The van der Waals surface area contributed by atoms with Crippen LogP contribution >= 0.6 is 0 Å². The van der Waals surface area contributed by atoms with Crippen molar-refractivity contribution in [3.05, 3.63) is 23.8 Å². The lowest BCUT2D eigenvalue weighted by molar-refractivity contribution is 1.42. The Bertz CT molecular complexity index is 305. The highest BCUT2D eigenvalue weighted by molar-refractivity contribution is 6.02. The summed E-state index contributed by atoms with van der Waals surface area (Å²) >= 11 is 0. The zero-order valence-corrected chi connectivity index (χ0v) is 7.31. The molecule has 0 saturated heterocycles. The molecular weight excluding hydrogens is 150 g/mol. The summed E-state index contributed by atoms with van der Waals surface area (Å²) in [6.45, 7) is 1.75. The highest BCUT2D eigenvalue weighted by Gasteiger charge is 2.02. The smallest absolute Gasteiger partial charge is 0.0430 e. The Balaban J connectivity index is 3.21. The lowest BCUT2D eigenvalue weighted by Gasteiger charge is -2.07. The van der Waals surface area contributed by atoms with E-state index in [0.717, 1.165) is 11.3 Å². The third-order valence-electron chi connectivity index (χ3n) is 1.72. The summed E-state index contributed by atoms with van der Waals surface area (Å²) in [6, 6.07) is 5.50. The van der Waals surface area contributed by atoms with Gasteiger partial charge in [0.25, 0.3) is 0 Å². The standard InChI is InChI=1S/C9H13N3/c1-6(10)8-5-7(11)3-4-9(8)12-2/h3-5,10,12H,11H2,1-2H3. The molecule has 0 radical (unpaired) electrons. The number of hydrogen-bond acceptors (Lipinski definition) is 3. The van der Waals surface area contributed by atoms with E-state index in [-0.39, 0.29) is 0 Å². The highest BCUT2D eigenvalue weighted by Crippen LogP contribution is 2.18. The number of rotatable bonds is 2. The lowest BCUT2D eigenvalue weighted by atomic mass is 10.1. The third-order valence-corrected chi connectivity index (χ3v) is 1.72. The number of anilines is 2. The topological polar surface area (TPSA) is 61.9 Å². The number of benzene rings is 1. The molecule has 64 valence electrons. The monoisotopic (exact) mass is 163 g/mol. The predicted molar refractivity (Wildman–Crippen MR) is 52.9 cm³/mol. The van der Waals surface area contributed by atoms with Crippen molar-refractivity contribution in [1.29, 1.82) is 5.41 Å². The molecule has 4 N–H and O–H groups in total. The second-order valence-corrected chi connectivity index (χ2v) is 2.68. The molecule has 0 atom stereocenters. The van der Waals surface area contributed by atoms with Gasteiger partial charge in [-0.25, -0.2) is 0 Å². The summed E-state index contributed by atoms with van der Waals surface area (Å²) in [5, 5.41) is 10.5. The van der Waals surface area contributed by atoms with Crippen molar-refractivity contribution < 1.29 is 0 Å². The van der Waals surface area contributed by atoms with Crippen LogP contribution in [0.5, 0.6) is 0 Å². The normalized spacial score (nSPS) is 9.50. The summed E-state index contributed by atoms with van der Waals surface area (Å²) in [5.74, 6) is 0. The average molecular weight is 163 g/mol. The van der Waals surface area contributed by atoms with Crippen molar-refractivity contribution in [2.75, 3.05) is 18.1 Å². The van der Waals surface area contributed by atoms with Gasteiger partial charge in [-0.1, -0.05) is 0 Å². The van der Waals surface area contributed by atoms with Gasteiger partial charge in [-0.15, -0.1) is 0 Å². The van der Waals surface area contributed by atoms with E-state index < -0.39 is 0 Å². The molecule has 0 saturated carbocycles. The van der Waals surface area contributed by atoms with Gasteiger partial charge in [-0.3, -0.25) is 0 Å². The minimum absolute atomic E-state index is 0.520. The molecule has 0 amide bonds. The van der Waals surface area contributed by atoms with Gasteiger partial charge in [0.2, 0.25) is 0 Å². The van der Waals surface area contributed by atoms with E-state index >= 15 is 0 Å². The lowest BCUT2D eigenvalue weighted by Crippen LogP contribution is -2.01. The molecule has 1 aromatic carbocycles. The molecule has 3 nitrogen and oxygen atoms in total. The SMILES string of the molecule is CNc1ccc(N)cc1C(C)=N. The first kappa shape index (κ1) is 8.59. The molecule has 0 aliphatic rings. The quantitative estimate of drug-likeness (QED) is 0.459. The number of nitrogens with two attached hydrogens (primary N) is 1. The first-order valence-corrected chi connectivity index (χ1v) is 3.78. The van der Waals surface area contributed by atoms with Gasteiger partial charge in [0.1, 0.15) is 0 Å². The molecule has 12 heavy (non-hydrogen) atoms. The molecule has 1 rings (SSSR count). The zero-order valence-electron chi connectivity index (χ0n) is 7.31. The van der Waals surface area contributed by atoms with Crippen LogP contribution in [0.25, 0.3) is 0 Å². The minimum Gasteiger partial charge on any atom is -0.399 e. The third kappa shape index (κ3) is 1.56. The minimum atomic E-state index is 0.520. The van der Waals surface area contributed by atoms with Crippen LogP contribution in [0.1, 0.15) is 12.5 Å². The molecule has 0 spiro atoms. The maximum absolute atomic E-state index is 7.48. The fraction of sp³-hybridized carbons (Fsp3) is 0.222. The van der Waals surface area contributed by atoms with Crippen LogP contribution in [0, 0.1) is 5.41 Å². The first-order chi connectivity index (χ1) is 5.65. The Kier molecular flexibility index (Phi) is 2.33.